The summed E-state index contributed by atoms with van der Waals surface area (Å²) in [6.45, 7) is -0.743. The number of carbonyl (C=O) groups is 1. The molecule has 2 aliphatic heterocycles. The molecule has 1 fully saturated rings. The first-order chi connectivity index (χ1) is 10.7. The van der Waals surface area contributed by atoms with E-state index in [1.807, 2.05) is 0 Å². The molecule has 0 aliphatic carbocycles. The molecule has 2 heterocycles. The van der Waals surface area contributed by atoms with Gasteiger partial charge in [0, 0.05) is 11.5 Å². The Kier molecular flexibility index (Phi) is 3.85. The van der Waals surface area contributed by atoms with Crippen LogP contribution in [-0.4, -0.2) is 31.3 Å². The van der Waals surface area contributed by atoms with Crippen molar-refractivity contribution < 1.29 is 24.5 Å². The molecule has 0 aromatic heterocycles. The Balaban J connectivity index is 1.61. The van der Waals surface area contributed by atoms with E-state index in [0.29, 0.717) is 17.7 Å². The quantitative estimate of drug-likeness (QED) is 0.368. The van der Waals surface area contributed by atoms with Crippen molar-refractivity contribution in [3.05, 3.63) is 40.3 Å². The number of ether oxygens (including phenoxy) is 1. The molecule has 1 aromatic carbocycles. The maximum atomic E-state index is 11.8. The van der Waals surface area contributed by atoms with Crippen LogP contribution < -0.4 is 4.52 Å². The van der Waals surface area contributed by atoms with E-state index in [-0.39, 0.29) is 6.61 Å². The van der Waals surface area contributed by atoms with Crippen molar-refractivity contribution in [2.75, 3.05) is 13.2 Å². The van der Waals surface area contributed by atoms with Crippen molar-refractivity contribution >= 4 is 14.6 Å². The molecule has 0 amide bonds. The van der Waals surface area contributed by atoms with Crippen molar-refractivity contribution in [3.63, 3.8) is 0 Å². The molecule has 3 rings (SSSR count). The van der Waals surface area contributed by atoms with Crippen molar-refractivity contribution in [2.24, 2.45) is 5.11 Å². The van der Waals surface area contributed by atoms with E-state index < -0.39 is 33.3 Å². The van der Waals surface area contributed by atoms with Crippen LogP contribution >= 0.6 is 8.60 Å². The highest BCUT2D eigenvalue weighted by Crippen LogP contribution is 2.47. The zero-order valence-corrected chi connectivity index (χ0v) is 11.7. The van der Waals surface area contributed by atoms with Gasteiger partial charge in [-0.05, 0) is 24.1 Å². The van der Waals surface area contributed by atoms with Crippen LogP contribution in [0.5, 0.6) is 5.75 Å². The topological polar surface area (TPSA) is 103 Å². The molecule has 0 bridgehead atoms. The fourth-order valence-corrected chi connectivity index (χ4v) is 2.94. The Bertz CT molecular complexity index is 627. The molecular formula is C12H12N3O5P. The first kappa shape index (κ1) is 12.9. The fraction of sp³-hybridized carbons (Fsp3) is 0.417. The number of rotatable bonds is 4. The number of fused-ring (bicyclic) bond motifs is 1. The fourth-order valence-electron chi connectivity index (χ4n) is 1.98. The summed E-state index contributed by atoms with van der Waals surface area (Å²) in [4.78, 5) is 14.6. The van der Waals surface area contributed by atoms with E-state index in [1.54, 1.807) is 24.3 Å². The van der Waals surface area contributed by atoms with Crippen molar-refractivity contribution in [1.29, 1.82) is 0 Å². The molecule has 2 aliphatic rings. The zero-order chi connectivity index (χ0) is 15.5. The van der Waals surface area contributed by atoms with Crippen LogP contribution in [0.15, 0.2) is 29.4 Å². The molecule has 1 aromatic rings. The Hall–Kier alpha value is -1.85. The van der Waals surface area contributed by atoms with Gasteiger partial charge in [0.1, 0.15) is 11.3 Å². The first-order valence-electron chi connectivity index (χ1n) is 6.79. The summed E-state index contributed by atoms with van der Waals surface area (Å²) in [5.41, 5.74) is 8.85. The monoisotopic (exact) mass is 311 g/mol. The maximum absolute atomic E-state index is 11.8. The van der Waals surface area contributed by atoms with E-state index in [0.717, 1.165) is 0 Å². The molecule has 0 radical (unpaired) electrons. The molecule has 0 saturated carbocycles. The molecule has 1 saturated heterocycles. The predicted octanol–water partition coefficient (Wildman–Crippen LogP) is 2.95. The molecular weight excluding hydrogens is 297 g/mol. The van der Waals surface area contributed by atoms with E-state index >= 15 is 0 Å². The summed E-state index contributed by atoms with van der Waals surface area (Å²) in [5, 5.41) is 3.58. The van der Waals surface area contributed by atoms with Gasteiger partial charge in [0.25, 0.3) is 0 Å². The molecule has 4 atom stereocenters. The molecule has 9 heteroatoms. The lowest BCUT2D eigenvalue weighted by Gasteiger charge is -2.23. The Morgan fingerprint density at radius 1 is 1.52 bits per heavy atom. The number of carbonyl (C=O) groups excluding carboxylic acids is 1. The second-order valence-corrected chi connectivity index (χ2v) is 5.41. The Morgan fingerprint density at radius 2 is 2.38 bits per heavy atom. The Labute approximate surface area is 123 Å². The summed E-state index contributed by atoms with van der Waals surface area (Å²) < 4.78 is 28.8. The van der Waals surface area contributed by atoms with Gasteiger partial charge in [-0.15, -0.1) is 0 Å². The molecule has 0 spiro atoms. The highest BCUT2D eigenvalue weighted by Gasteiger charge is 2.34. The SMILES string of the molecule is [3H]C1C[C@@H](N=[N+]=[N-])[C@@H](COP2OC(=O)c3ccccc3O2)O1. The number of nitrogens with zero attached hydrogens (tertiary/aromatic N) is 3. The zero-order valence-electron chi connectivity index (χ0n) is 11.8. The number of hydrogen-bond donors (Lipinski definition) is 0. The normalized spacial score (nSPS) is 31.4. The van der Waals surface area contributed by atoms with Gasteiger partial charge < -0.3 is 13.8 Å². The minimum atomic E-state index is -1.88. The standard InChI is InChI=1S/C12H12N3O5P/c13-15-14-9-5-6-17-11(9)7-18-21-19-10-4-2-1-3-8(10)12(16)20-21/h1-4,9,11H,5-7H2/t9-,11-,21?/m1/s1/i6T/t6?,9-,11-,21?. The van der Waals surface area contributed by atoms with Gasteiger partial charge >= 0.3 is 14.6 Å². The highest BCUT2D eigenvalue weighted by molar-refractivity contribution is 7.43. The third-order valence-electron chi connectivity index (χ3n) is 3.02. The number of hydrogen-bond acceptors (Lipinski definition) is 6. The molecule has 8 nitrogen and oxygen atoms in total. The minimum Gasteiger partial charge on any atom is -0.417 e. The average Bonchev–Trinajstić information content (AvgIpc) is 2.85. The van der Waals surface area contributed by atoms with E-state index in [4.69, 9.17) is 25.2 Å². The highest BCUT2D eigenvalue weighted by atomic mass is 31.2. The van der Waals surface area contributed by atoms with Gasteiger partial charge in [-0.2, -0.15) is 0 Å². The average molecular weight is 311 g/mol. The molecule has 2 unspecified atom stereocenters. The van der Waals surface area contributed by atoms with Crippen LogP contribution in [0.4, 0.5) is 0 Å². The lowest BCUT2D eigenvalue weighted by Crippen LogP contribution is -2.25. The van der Waals surface area contributed by atoms with Gasteiger partial charge in [0.15, 0.2) is 0 Å². The van der Waals surface area contributed by atoms with Crippen LogP contribution in [0.3, 0.4) is 0 Å². The van der Waals surface area contributed by atoms with Crippen molar-refractivity contribution in [1.82, 2.24) is 0 Å². The number of benzene rings is 1. The summed E-state index contributed by atoms with van der Waals surface area (Å²) >= 11 is 0. The summed E-state index contributed by atoms with van der Waals surface area (Å²) in [5.74, 6) is -0.104. The smallest absolute Gasteiger partial charge is 0.417 e. The van der Waals surface area contributed by atoms with Crippen LogP contribution in [0.25, 0.3) is 10.4 Å². The van der Waals surface area contributed by atoms with E-state index in [9.17, 15) is 4.79 Å². The maximum Gasteiger partial charge on any atom is 0.465 e. The van der Waals surface area contributed by atoms with Crippen LogP contribution in [0.2, 0.25) is 0 Å². The molecule has 21 heavy (non-hydrogen) atoms. The van der Waals surface area contributed by atoms with Crippen molar-refractivity contribution in [3.8, 4) is 5.75 Å². The number of azide groups is 1. The minimum absolute atomic E-state index is 0.0141. The lowest BCUT2D eigenvalue weighted by molar-refractivity contribution is 0.0469. The van der Waals surface area contributed by atoms with E-state index in [2.05, 4.69) is 10.0 Å². The van der Waals surface area contributed by atoms with Crippen LogP contribution in [0.1, 0.15) is 18.1 Å². The summed E-state index contributed by atoms with van der Waals surface area (Å²) in [6.07, 6.45) is -0.250. The predicted molar refractivity (Wildman–Crippen MR) is 72.6 cm³/mol. The lowest BCUT2D eigenvalue weighted by atomic mass is 10.2. The van der Waals surface area contributed by atoms with Gasteiger partial charge in [0.05, 0.1) is 20.1 Å². The second kappa shape index (κ2) is 6.28. The van der Waals surface area contributed by atoms with Gasteiger partial charge in [0.2, 0.25) is 0 Å². The van der Waals surface area contributed by atoms with Gasteiger partial charge in [-0.3, -0.25) is 4.52 Å². The number of para-hydroxylation sites is 1. The third-order valence-corrected chi connectivity index (χ3v) is 4.04. The molecule has 0 N–H and O–H groups in total. The van der Waals surface area contributed by atoms with Gasteiger partial charge in [-0.25, -0.2) is 4.79 Å². The summed E-state index contributed by atoms with van der Waals surface area (Å²) in [6, 6.07) is 6.24. The van der Waals surface area contributed by atoms with Gasteiger partial charge in [-0.1, -0.05) is 17.2 Å². The van der Waals surface area contributed by atoms with E-state index in [1.165, 1.54) is 0 Å². The molecule has 110 valence electrons. The summed E-state index contributed by atoms with van der Waals surface area (Å²) in [7, 11) is -1.88. The second-order valence-electron chi connectivity index (χ2n) is 4.33. The van der Waals surface area contributed by atoms with Crippen molar-refractivity contribution in [2.45, 2.75) is 18.6 Å². The van der Waals surface area contributed by atoms with Crippen LogP contribution in [-0.2, 0) is 13.8 Å². The Morgan fingerprint density at radius 3 is 3.24 bits per heavy atom. The third kappa shape index (κ3) is 3.09. The first-order valence-corrected chi connectivity index (χ1v) is 7.31. The largest absolute Gasteiger partial charge is 0.465 e. The van der Waals surface area contributed by atoms with Crippen LogP contribution in [0, 0.1) is 0 Å².